The second-order valence-corrected chi connectivity index (χ2v) is 6.98. The quantitative estimate of drug-likeness (QED) is 0.585. The van der Waals surface area contributed by atoms with Crippen molar-refractivity contribution in [1.29, 1.82) is 0 Å². The lowest BCUT2D eigenvalue weighted by Crippen LogP contribution is -2.24. The van der Waals surface area contributed by atoms with Gasteiger partial charge in [0, 0.05) is 0 Å². The van der Waals surface area contributed by atoms with Gasteiger partial charge in [-0.2, -0.15) is 0 Å². The van der Waals surface area contributed by atoms with Crippen molar-refractivity contribution in [1.82, 2.24) is 0 Å². The van der Waals surface area contributed by atoms with Crippen LogP contribution in [-0.2, 0) is 14.0 Å². The molecule has 0 aliphatic carbocycles. The van der Waals surface area contributed by atoms with Crippen molar-refractivity contribution >= 4 is 21.0 Å². The van der Waals surface area contributed by atoms with Crippen LogP contribution in [0.25, 0.3) is 0 Å². The lowest BCUT2D eigenvalue weighted by Gasteiger charge is -2.12. The predicted molar refractivity (Wildman–Crippen MR) is 70.9 cm³/mol. The van der Waals surface area contributed by atoms with E-state index in [1.807, 2.05) is 19.9 Å². The number of benzene rings is 1. The van der Waals surface area contributed by atoms with E-state index in [1.165, 1.54) is 0 Å². The summed E-state index contributed by atoms with van der Waals surface area (Å²) in [5, 5.41) is 0. The van der Waals surface area contributed by atoms with Crippen molar-refractivity contribution in [3.63, 3.8) is 0 Å². The topological polar surface area (TPSA) is 52.6 Å². The first-order chi connectivity index (χ1) is 8.67. The van der Waals surface area contributed by atoms with Crippen LogP contribution in [0.2, 0.25) is 12.1 Å². The zero-order valence-corrected chi connectivity index (χ0v) is 11.9. The fourth-order valence-corrected chi connectivity index (χ4v) is 2.81. The molecule has 98 valence electrons. The summed E-state index contributed by atoms with van der Waals surface area (Å²) < 4.78 is 10.1. The molecule has 4 nitrogen and oxygen atoms in total. The Morgan fingerprint density at radius 3 is 2.28 bits per heavy atom. The Bertz CT molecular complexity index is 387. The van der Waals surface area contributed by atoms with Gasteiger partial charge in [-0.1, -0.05) is 32.0 Å². The number of carbonyl (C=O) groups excluding carboxylic acids is 2. The molecule has 0 N–H and O–H groups in total. The maximum atomic E-state index is 11.6. The summed E-state index contributed by atoms with van der Waals surface area (Å²) >= 11 is 0. The molecule has 1 rings (SSSR count). The molecule has 0 bridgehead atoms. The summed E-state index contributed by atoms with van der Waals surface area (Å²) in [5.74, 6) is -0.946. The highest BCUT2D eigenvalue weighted by Crippen LogP contribution is 2.03. The van der Waals surface area contributed by atoms with Crippen LogP contribution in [0.15, 0.2) is 30.3 Å². The highest BCUT2D eigenvalue weighted by atomic mass is 28.3. The summed E-state index contributed by atoms with van der Waals surface area (Å²) in [6.45, 7) is 3.70. The second-order valence-electron chi connectivity index (χ2n) is 3.87. The van der Waals surface area contributed by atoms with Gasteiger partial charge in [-0.25, -0.2) is 9.59 Å². The fourth-order valence-electron chi connectivity index (χ4n) is 1.46. The normalized spacial score (nSPS) is 10.2. The zero-order chi connectivity index (χ0) is 13.4. The van der Waals surface area contributed by atoms with E-state index in [0.717, 1.165) is 12.1 Å². The highest BCUT2D eigenvalue weighted by molar-refractivity contribution is 6.53. The lowest BCUT2D eigenvalue weighted by atomic mass is 10.2. The number of rotatable bonds is 6. The third kappa shape index (κ3) is 4.71. The Morgan fingerprint density at radius 1 is 1.11 bits per heavy atom. The van der Waals surface area contributed by atoms with Crippen molar-refractivity contribution in [2.24, 2.45) is 0 Å². The lowest BCUT2D eigenvalue weighted by molar-refractivity contribution is -0.138. The Hall–Kier alpha value is -1.62. The number of ether oxygens (including phenoxy) is 1. The molecule has 0 saturated carbocycles. The molecule has 0 fully saturated rings. The van der Waals surface area contributed by atoms with Crippen LogP contribution in [-0.4, -0.2) is 27.6 Å². The van der Waals surface area contributed by atoms with Crippen LogP contribution in [0.5, 0.6) is 0 Å². The molecule has 5 heteroatoms. The van der Waals surface area contributed by atoms with Crippen LogP contribution in [0.4, 0.5) is 0 Å². The minimum atomic E-state index is -1.43. The Labute approximate surface area is 109 Å². The Morgan fingerprint density at radius 2 is 1.72 bits per heavy atom. The van der Waals surface area contributed by atoms with E-state index < -0.39 is 21.0 Å². The van der Waals surface area contributed by atoms with Gasteiger partial charge in [0.25, 0.3) is 0 Å². The summed E-state index contributed by atoms with van der Waals surface area (Å²) in [5.41, 5.74) is 0.435. The second kappa shape index (κ2) is 7.65. The van der Waals surface area contributed by atoms with Gasteiger partial charge in [-0.15, -0.1) is 0 Å². The largest absolute Gasteiger partial charge is 0.520 e. The van der Waals surface area contributed by atoms with E-state index in [9.17, 15) is 9.59 Å². The third-order valence-corrected chi connectivity index (χ3v) is 4.96. The van der Waals surface area contributed by atoms with Crippen molar-refractivity contribution in [2.75, 3.05) is 6.61 Å². The minimum Gasteiger partial charge on any atom is -0.520 e. The van der Waals surface area contributed by atoms with Crippen molar-refractivity contribution in [3.05, 3.63) is 35.9 Å². The molecular weight excluding hydrogens is 248 g/mol. The van der Waals surface area contributed by atoms with Gasteiger partial charge in [0.2, 0.25) is 9.04 Å². The smallest absolute Gasteiger partial charge is 0.338 e. The molecule has 18 heavy (non-hydrogen) atoms. The van der Waals surface area contributed by atoms with E-state index in [4.69, 9.17) is 9.16 Å². The first kappa shape index (κ1) is 14.4. The molecule has 0 heterocycles. The van der Waals surface area contributed by atoms with E-state index in [0.29, 0.717) is 5.56 Å². The van der Waals surface area contributed by atoms with Crippen LogP contribution < -0.4 is 0 Å². The van der Waals surface area contributed by atoms with Gasteiger partial charge in [0.15, 0.2) is 6.61 Å². The summed E-state index contributed by atoms with van der Waals surface area (Å²) in [6, 6.07) is 10.4. The molecule has 0 aliphatic heterocycles. The van der Waals surface area contributed by atoms with Crippen LogP contribution in [0.3, 0.4) is 0 Å². The summed E-state index contributed by atoms with van der Waals surface area (Å²) in [4.78, 5) is 23.0. The van der Waals surface area contributed by atoms with Crippen molar-refractivity contribution in [3.8, 4) is 0 Å². The van der Waals surface area contributed by atoms with E-state index in [-0.39, 0.29) is 6.61 Å². The third-order valence-electron chi connectivity index (χ3n) is 2.54. The highest BCUT2D eigenvalue weighted by Gasteiger charge is 2.15. The average molecular weight is 266 g/mol. The predicted octanol–water partition coefficient (Wildman–Crippen LogP) is 2.15. The monoisotopic (exact) mass is 266 g/mol. The first-order valence-corrected chi connectivity index (χ1v) is 8.19. The molecule has 0 spiro atoms. The maximum Gasteiger partial charge on any atom is 0.338 e. The minimum absolute atomic E-state index is 0.308. The molecule has 0 aliphatic rings. The molecule has 1 aromatic rings. The Kier molecular flexibility index (Phi) is 6.14. The van der Waals surface area contributed by atoms with Crippen molar-refractivity contribution in [2.45, 2.75) is 25.9 Å². The molecule has 0 atom stereocenters. The zero-order valence-electron chi connectivity index (χ0n) is 10.7. The molecule has 1 aromatic carbocycles. The molecule has 0 unspecified atom stereocenters. The summed E-state index contributed by atoms with van der Waals surface area (Å²) in [7, 11) is -1.43. The first-order valence-electron chi connectivity index (χ1n) is 6.09. The summed E-state index contributed by atoms with van der Waals surface area (Å²) in [6.07, 6.45) is 0. The van der Waals surface area contributed by atoms with Crippen molar-refractivity contribution < 1.29 is 18.8 Å². The Balaban J connectivity index is 2.37. The van der Waals surface area contributed by atoms with E-state index in [2.05, 4.69) is 0 Å². The molecular formula is C13H18O4Si. The average Bonchev–Trinajstić information content (AvgIpc) is 2.43. The van der Waals surface area contributed by atoms with Gasteiger partial charge in [-0.05, 0) is 24.2 Å². The van der Waals surface area contributed by atoms with Crippen LogP contribution in [0.1, 0.15) is 24.2 Å². The number of hydrogen-bond acceptors (Lipinski definition) is 4. The van der Waals surface area contributed by atoms with E-state index in [1.54, 1.807) is 24.3 Å². The fraction of sp³-hybridized carbons (Fsp3) is 0.385. The van der Waals surface area contributed by atoms with E-state index >= 15 is 0 Å². The molecule has 0 amide bonds. The van der Waals surface area contributed by atoms with Gasteiger partial charge in [0.05, 0.1) is 5.56 Å². The van der Waals surface area contributed by atoms with Gasteiger partial charge < -0.3 is 9.16 Å². The van der Waals surface area contributed by atoms with Gasteiger partial charge in [-0.3, -0.25) is 0 Å². The van der Waals surface area contributed by atoms with Gasteiger partial charge >= 0.3 is 11.9 Å². The van der Waals surface area contributed by atoms with Gasteiger partial charge in [0.1, 0.15) is 0 Å². The standard InChI is InChI=1S/C13H18O4Si/c1-3-18(4-2)17-12(14)10-16-13(15)11-8-6-5-7-9-11/h5-9,18H,3-4,10H2,1-2H3. The number of hydrogen-bond donors (Lipinski definition) is 0. The molecule has 0 aromatic heterocycles. The number of carbonyl (C=O) groups is 2. The van der Waals surface area contributed by atoms with Crippen LogP contribution in [0, 0.1) is 0 Å². The number of esters is 1. The maximum absolute atomic E-state index is 11.6. The molecule has 0 radical (unpaired) electrons. The SMILES string of the molecule is CC[SiH](CC)OC(=O)COC(=O)c1ccccc1. The molecule has 0 saturated heterocycles. The van der Waals surface area contributed by atoms with Crippen LogP contribution >= 0.6 is 0 Å².